The summed E-state index contributed by atoms with van der Waals surface area (Å²) in [4.78, 5) is 0. The molecule has 0 aliphatic rings. The minimum absolute atomic E-state index is 1.20. The lowest BCUT2D eigenvalue weighted by Crippen LogP contribution is -1.62. The van der Waals surface area contributed by atoms with E-state index in [1.807, 2.05) is 13.0 Å². The molecular weight excluding hydrogens is 223 g/mol. The van der Waals surface area contributed by atoms with Crippen LogP contribution in [0.25, 0.3) is 0 Å². The van der Waals surface area contributed by atoms with E-state index in [0.717, 1.165) is 0 Å². The number of allylic oxidation sites excluding steroid dienone is 5. The van der Waals surface area contributed by atoms with Gasteiger partial charge in [-0.05, 0) is 40.0 Å². The second-order valence-corrected chi connectivity index (χ2v) is 3.57. The van der Waals surface area contributed by atoms with E-state index in [4.69, 9.17) is 0 Å². The number of hydrogen-bond acceptors (Lipinski definition) is 0. The van der Waals surface area contributed by atoms with Crippen molar-refractivity contribution in [2.24, 2.45) is 0 Å². The van der Waals surface area contributed by atoms with E-state index >= 15 is 0 Å². The van der Waals surface area contributed by atoms with Crippen molar-refractivity contribution in [2.45, 2.75) is 13.8 Å². The molecule has 0 fully saturated rings. The maximum atomic E-state index is 3.64. The van der Waals surface area contributed by atoms with Gasteiger partial charge in [-0.3, -0.25) is 0 Å². The molecule has 50 valence electrons. The van der Waals surface area contributed by atoms with Gasteiger partial charge in [-0.25, -0.2) is 0 Å². The molecule has 0 unspecified atom stereocenters. The summed E-state index contributed by atoms with van der Waals surface area (Å²) in [7, 11) is 0. The van der Waals surface area contributed by atoms with Gasteiger partial charge in [0.15, 0.2) is 0 Å². The molecule has 0 rings (SSSR count). The van der Waals surface area contributed by atoms with Crippen LogP contribution >= 0.6 is 22.6 Å². The average Bonchev–Trinajstić information content (AvgIpc) is 1.83. The highest BCUT2D eigenvalue weighted by molar-refractivity contribution is 14.1. The molecular formula is C8H11I. The van der Waals surface area contributed by atoms with Crippen LogP contribution in [0.1, 0.15) is 13.8 Å². The Labute approximate surface area is 70.5 Å². The molecule has 0 spiro atoms. The smallest absolute Gasteiger partial charge is 0.0125 e. The van der Waals surface area contributed by atoms with Crippen LogP contribution in [0, 0.1) is 0 Å². The zero-order valence-electron chi connectivity index (χ0n) is 5.82. The summed E-state index contributed by atoms with van der Waals surface area (Å²) >= 11 is 2.27. The Kier molecular flexibility index (Phi) is 4.77. The number of halogens is 1. The summed E-state index contributed by atoms with van der Waals surface area (Å²) in [5, 5.41) is 0. The van der Waals surface area contributed by atoms with E-state index in [1.165, 1.54) is 9.15 Å². The molecule has 0 atom stereocenters. The van der Waals surface area contributed by atoms with Crippen LogP contribution in [0.5, 0.6) is 0 Å². The van der Waals surface area contributed by atoms with Gasteiger partial charge in [0, 0.05) is 0 Å². The zero-order valence-corrected chi connectivity index (χ0v) is 7.97. The van der Waals surface area contributed by atoms with Crippen LogP contribution < -0.4 is 0 Å². The summed E-state index contributed by atoms with van der Waals surface area (Å²) in [6.07, 6.45) is 5.96. The zero-order chi connectivity index (χ0) is 7.28. The molecule has 0 saturated carbocycles. The van der Waals surface area contributed by atoms with Gasteiger partial charge in [0.25, 0.3) is 0 Å². The molecule has 0 aromatic heterocycles. The first-order valence-corrected chi connectivity index (χ1v) is 3.88. The predicted octanol–water partition coefficient (Wildman–Crippen LogP) is 3.46. The fourth-order valence-electron chi connectivity index (χ4n) is 0.314. The summed E-state index contributed by atoms with van der Waals surface area (Å²) in [5.41, 5.74) is 1.20. The lowest BCUT2D eigenvalue weighted by atomic mass is 10.3. The molecule has 0 bridgehead atoms. The van der Waals surface area contributed by atoms with Gasteiger partial charge >= 0.3 is 0 Å². The van der Waals surface area contributed by atoms with E-state index in [-0.39, 0.29) is 0 Å². The summed E-state index contributed by atoms with van der Waals surface area (Å²) in [6, 6.07) is 0. The van der Waals surface area contributed by atoms with E-state index in [1.54, 1.807) is 0 Å². The lowest BCUT2D eigenvalue weighted by molar-refractivity contribution is 1.53. The van der Waals surface area contributed by atoms with Crippen molar-refractivity contribution in [3.05, 3.63) is 34.0 Å². The van der Waals surface area contributed by atoms with Crippen molar-refractivity contribution in [3.8, 4) is 0 Å². The van der Waals surface area contributed by atoms with Gasteiger partial charge in [0.1, 0.15) is 0 Å². The van der Waals surface area contributed by atoms with Gasteiger partial charge in [0.2, 0.25) is 0 Å². The van der Waals surface area contributed by atoms with E-state index < -0.39 is 0 Å². The lowest BCUT2D eigenvalue weighted by Gasteiger charge is -1.84. The predicted molar refractivity (Wildman–Crippen MR) is 51.7 cm³/mol. The van der Waals surface area contributed by atoms with E-state index in [9.17, 15) is 0 Å². The fourth-order valence-corrected chi connectivity index (χ4v) is 0.494. The first-order valence-electron chi connectivity index (χ1n) is 2.80. The molecule has 9 heavy (non-hydrogen) atoms. The van der Waals surface area contributed by atoms with Crippen molar-refractivity contribution in [2.75, 3.05) is 0 Å². The third-order valence-corrected chi connectivity index (χ3v) is 1.26. The SMILES string of the molecule is C=C/C(C)=C\C=C(/C)I. The molecule has 0 heterocycles. The van der Waals surface area contributed by atoms with Gasteiger partial charge in [-0.15, -0.1) is 0 Å². The Morgan fingerprint density at radius 2 is 1.89 bits per heavy atom. The molecule has 0 N–H and O–H groups in total. The third-order valence-electron chi connectivity index (χ3n) is 0.898. The molecule has 0 aliphatic carbocycles. The molecule has 0 amide bonds. The molecule has 0 nitrogen and oxygen atoms in total. The van der Waals surface area contributed by atoms with E-state index in [2.05, 4.69) is 48.2 Å². The largest absolute Gasteiger partial charge is 0.0988 e. The Balaban J connectivity index is 3.98. The highest BCUT2D eigenvalue weighted by Gasteiger charge is 1.76. The summed E-state index contributed by atoms with van der Waals surface area (Å²) in [6.45, 7) is 7.73. The Hall–Kier alpha value is -0.0500. The van der Waals surface area contributed by atoms with Crippen LogP contribution in [0.15, 0.2) is 34.0 Å². The maximum absolute atomic E-state index is 3.64. The van der Waals surface area contributed by atoms with Gasteiger partial charge in [-0.2, -0.15) is 0 Å². The van der Waals surface area contributed by atoms with Crippen molar-refractivity contribution in [1.82, 2.24) is 0 Å². The number of hydrogen-bond donors (Lipinski definition) is 0. The highest BCUT2D eigenvalue weighted by atomic mass is 127. The second-order valence-electron chi connectivity index (χ2n) is 1.87. The molecule has 0 aromatic carbocycles. The van der Waals surface area contributed by atoms with Crippen LogP contribution in [0.3, 0.4) is 0 Å². The molecule has 0 radical (unpaired) electrons. The third kappa shape index (κ3) is 5.83. The standard InChI is InChI=1S/C8H11I/c1-4-7(2)5-6-8(3)9/h4-6H,1H2,2-3H3/b7-5-,8-6+. The van der Waals surface area contributed by atoms with Gasteiger partial charge in [0.05, 0.1) is 0 Å². The first kappa shape index (κ1) is 8.95. The summed E-state index contributed by atoms with van der Waals surface area (Å²) in [5.74, 6) is 0. The van der Waals surface area contributed by atoms with Crippen molar-refractivity contribution >= 4 is 22.6 Å². The summed E-state index contributed by atoms with van der Waals surface area (Å²) < 4.78 is 1.29. The van der Waals surface area contributed by atoms with Gasteiger partial charge < -0.3 is 0 Å². The molecule has 0 aromatic rings. The quantitative estimate of drug-likeness (QED) is 0.507. The van der Waals surface area contributed by atoms with Crippen molar-refractivity contribution < 1.29 is 0 Å². The van der Waals surface area contributed by atoms with Crippen LogP contribution in [-0.2, 0) is 0 Å². The fraction of sp³-hybridized carbons (Fsp3) is 0.250. The topological polar surface area (TPSA) is 0 Å². The average molecular weight is 234 g/mol. The number of rotatable bonds is 2. The Morgan fingerprint density at radius 3 is 2.22 bits per heavy atom. The van der Waals surface area contributed by atoms with Gasteiger partial charge in [-0.1, -0.05) is 30.4 Å². The normalized spacial score (nSPS) is 13.7. The molecule has 0 saturated heterocycles. The van der Waals surface area contributed by atoms with Crippen LogP contribution in [0.2, 0.25) is 0 Å². The van der Waals surface area contributed by atoms with E-state index in [0.29, 0.717) is 0 Å². The van der Waals surface area contributed by atoms with Crippen molar-refractivity contribution in [3.63, 3.8) is 0 Å². The van der Waals surface area contributed by atoms with Crippen LogP contribution in [0.4, 0.5) is 0 Å². The molecule has 0 aliphatic heterocycles. The van der Waals surface area contributed by atoms with Crippen molar-refractivity contribution in [1.29, 1.82) is 0 Å². The minimum atomic E-state index is 1.20. The Morgan fingerprint density at radius 1 is 1.33 bits per heavy atom. The first-order chi connectivity index (χ1) is 4.16. The highest BCUT2D eigenvalue weighted by Crippen LogP contribution is 2.04. The Bertz CT molecular complexity index is 148. The van der Waals surface area contributed by atoms with Crippen LogP contribution in [-0.4, -0.2) is 0 Å². The minimum Gasteiger partial charge on any atom is -0.0988 e. The molecule has 1 heteroatoms. The second kappa shape index (κ2) is 4.79. The maximum Gasteiger partial charge on any atom is -0.0125 e. The monoisotopic (exact) mass is 234 g/mol.